The zero-order valence-corrected chi connectivity index (χ0v) is 13.9. The summed E-state index contributed by atoms with van der Waals surface area (Å²) in [5.74, 6) is 0.480. The molecular weight excluding hydrogens is 290 g/mol. The van der Waals surface area contributed by atoms with Crippen molar-refractivity contribution in [1.82, 2.24) is 15.5 Å². The van der Waals surface area contributed by atoms with E-state index in [1.165, 1.54) is 0 Å². The maximum Gasteiger partial charge on any atom is 0.315 e. The number of likely N-dealkylation sites (tertiary alicyclic amines) is 1. The van der Waals surface area contributed by atoms with Crippen LogP contribution >= 0.6 is 0 Å². The minimum absolute atomic E-state index is 0.0584. The lowest BCUT2D eigenvalue weighted by molar-refractivity contribution is 0.230. The molecule has 2 saturated heterocycles. The molecule has 0 spiro atoms. The van der Waals surface area contributed by atoms with Gasteiger partial charge in [-0.1, -0.05) is 13.8 Å². The second-order valence-electron chi connectivity index (χ2n) is 6.47. The van der Waals surface area contributed by atoms with E-state index < -0.39 is 9.84 Å². The quantitative estimate of drug-likeness (QED) is 0.798. The molecule has 0 aromatic heterocycles. The van der Waals surface area contributed by atoms with Crippen LogP contribution in [0.3, 0.4) is 0 Å². The molecule has 0 aromatic carbocycles. The van der Waals surface area contributed by atoms with Gasteiger partial charge in [0.1, 0.15) is 0 Å². The van der Waals surface area contributed by atoms with Gasteiger partial charge >= 0.3 is 6.03 Å². The molecule has 122 valence electrons. The average Bonchev–Trinajstić information content (AvgIpc) is 2.74. The smallest absolute Gasteiger partial charge is 0.315 e. The minimum atomic E-state index is -3.06. The summed E-state index contributed by atoms with van der Waals surface area (Å²) in [6, 6.07) is -0.353. The number of likely N-dealkylation sites (N-methyl/N-ethyl adjacent to an activating group) is 1. The van der Waals surface area contributed by atoms with E-state index >= 15 is 0 Å². The summed E-state index contributed by atoms with van der Waals surface area (Å²) in [5, 5.41) is 5.53. The zero-order valence-electron chi connectivity index (χ0n) is 13.1. The number of nitrogens with one attached hydrogen (secondary N) is 2. The second kappa shape index (κ2) is 6.52. The Morgan fingerprint density at radius 1 is 1.19 bits per heavy atom. The number of carbonyl (C=O) groups is 1. The van der Waals surface area contributed by atoms with Crippen LogP contribution in [0.15, 0.2) is 0 Å². The highest BCUT2D eigenvalue weighted by Crippen LogP contribution is 2.20. The van der Waals surface area contributed by atoms with Crippen molar-refractivity contribution >= 4 is 15.9 Å². The number of hydrogen-bond acceptors (Lipinski definition) is 4. The van der Waals surface area contributed by atoms with Gasteiger partial charge in [0.2, 0.25) is 0 Å². The topological polar surface area (TPSA) is 78.5 Å². The first kappa shape index (κ1) is 16.5. The molecule has 2 heterocycles. The van der Waals surface area contributed by atoms with E-state index in [1.807, 2.05) is 0 Å². The van der Waals surface area contributed by atoms with Crippen molar-refractivity contribution in [2.45, 2.75) is 50.9 Å². The molecule has 0 aliphatic carbocycles. The Balaban J connectivity index is 1.83. The van der Waals surface area contributed by atoms with Crippen LogP contribution in [0.2, 0.25) is 0 Å². The Bertz CT molecular complexity index is 480. The monoisotopic (exact) mass is 317 g/mol. The molecule has 4 unspecified atom stereocenters. The molecule has 2 aliphatic rings. The third-order valence-corrected chi connectivity index (χ3v) is 7.08. The summed E-state index contributed by atoms with van der Waals surface area (Å²) < 4.78 is 23.7. The van der Waals surface area contributed by atoms with Gasteiger partial charge in [-0.25, -0.2) is 13.2 Å². The number of carbonyl (C=O) groups excluding carboxylic acids is 1. The van der Waals surface area contributed by atoms with E-state index in [0.717, 1.165) is 26.1 Å². The molecule has 2 fully saturated rings. The third kappa shape index (κ3) is 4.10. The van der Waals surface area contributed by atoms with Crippen molar-refractivity contribution in [3.05, 3.63) is 0 Å². The van der Waals surface area contributed by atoms with Crippen molar-refractivity contribution in [3.8, 4) is 0 Å². The zero-order chi connectivity index (χ0) is 15.6. The number of amides is 2. The van der Waals surface area contributed by atoms with Gasteiger partial charge in [-0.15, -0.1) is 0 Å². The number of sulfone groups is 1. The van der Waals surface area contributed by atoms with Crippen molar-refractivity contribution in [1.29, 1.82) is 0 Å². The van der Waals surface area contributed by atoms with Crippen LogP contribution in [0.5, 0.6) is 0 Å². The summed E-state index contributed by atoms with van der Waals surface area (Å²) in [6.07, 6.45) is 1.35. The van der Waals surface area contributed by atoms with E-state index in [1.54, 1.807) is 6.92 Å². The standard InChI is InChI=1S/C14H27N3O3S/c1-4-17-7-10(2)13(8-17)16-14(18)15-12-6-5-11(3)21(19,20)9-12/h10-13H,4-9H2,1-3H3,(H2,15,16,18). The Hall–Kier alpha value is -0.820. The van der Waals surface area contributed by atoms with Crippen LogP contribution in [0.4, 0.5) is 4.79 Å². The predicted octanol–water partition coefficient (Wildman–Crippen LogP) is 0.592. The van der Waals surface area contributed by atoms with E-state index in [0.29, 0.717) is 12.3 Å². The van der Waals surface area contributed by atoms with Crippen LogP contribution in [-0.4, -0.2) is 62.1 Å². The predicted molar refractivity (Wildman–Crippen MR) is 83.0 cm³/mol. The van der Waals surface area contributed by atoms with Crippen molar-refractivity contribution in [2.75, 3.05) is 25.4 Å². The van der Waals surface area contributed by atoms with Gasteiger partial charge in [-0.2, -0.15) is 0 Å². The van der Waals surface area contributed by atoms with Crippen LogP contribution in [0.1, 0.15) is 33.6 Å². The van der Waals surface area contributed by atoms with E-state index in [9.17, 15) is 13.2 Å². The van der Waals surface area contributed by atoms with E-state index in [4.69, 9.17) is 0 Å². The highest BCUT2D eigenvalue weighted by atomic mass is 32.2. The van der Waals surface area contributed by atoms with Gasteiger partial charge in [-0.05, 0) is 32.2 Å². The Kier molecular flexibility index (Phi) is 5.14. The average molecular weight is 317 g/mol. The van der Waals surface area contributed by atoms with Crippen molar-refractivity contribution < 1.29 is 13.2 Å². The number of urea groups is 1. The summed E-state index contributed by atoms with van der Waals surface area (Å²) in [5.41, 5.74) is 0. The number of nitrogens with zero attached hydrogens (tertiary/aromatic N) is 1. The van der Waals surface area contributed by atoms with Crippen LogP contribution < -0.4 is 10.6 Å². The summed E-state index contributed by atoms with van der Waals surface area (Å²) in [7, 11) is -3.06. The third-order valence-electron chi connectivity index (χ3n) is 4.76. The molecule has 0 bridgehead atoms. The number of rotatable bonds is 3. The second-order valence-corrected chi connectivity index (χ2v) is 8.93. The lowest BCUT2D eigenvalue weighted by Gasteiger charge is -2.28. The first-order chi connectivity index (χ1) is 9.81. The van der Waals surface area contributed by atoms with Crippen LogP contribution in [-0.2, 0) is 9.84 Å². The maximum atomic E-state index is 12.1. The molecule has 2 N–H and O–H groups in total. The largest absolute Gasteiger partial charge is 0.334 e. The van der Waals surface area contributed by atoms with Gasteiger partial charge in [0, 0.05) is 25.2 Å². The van der Waals surface area contributed by atoms with Gasteiger partial charge in [0.05, 0.1) is 11.0 Å². The van der Waals surface area contributed by atoms with Crippen molar-refractivity contribution in [3.63, 3.8) is 0 Å². The minimum Gasteiger partial charge on any atom is -0.334 e. The highest BCUT2D eigenvalue weighted by molar-refractivity contribution is 7.92. The molecule has 21 heavy (non-hydrogen) atoms. The number of hydrogen-bond donors (Lipinski definition) is 2. The van der Waals surface area contributed by atoms with Crippen molar-refractivity contribution in [2.24, 2.45) is 5.92 Å². The molecule has 7 heteroatoms. The van der Waals surface area contributed by atoms with Gasteiger partial charge in [-0.3, -0.25) is 0 Å². The molecule has 0 aromatic rings. The molecule has 2 amide bonds. The van der Waals surface area contributed by atoms with E-state index in [2.05, 4.69) is 29.4 Å². The van der Waals surface area contributed by atoms with E-state index in [-0.39, 0.29) is 29.1 Å². The first-order valence-electron chi connectivity index (χ1n) is 7.82. The molecule has 6 nitrogen and oxygen atoms in total. The molecule has 2 rings (SSSR count). The summed E-state index contributed by atoms with van der Waals surface area (Å²) in [6.45, 7) is 8.84. The Morgan fingerprint density at radius 2 is 1.90 bits per heavy atom. The molecular formula is C14H27N3O3S. The Labute approximate surface area is 127 Å². The molecule has 0 saturated carbocycles. The van der Waals surface area contributed by atoms with Gasteiger partial charge < -0.3 is 15.5 Å². The van der Waals surface area contributed by atoms with Gasteiger partial charge in [0.15, 0.2) is 9.84 Å². The fraction of sp³-hybridized carbons (Fsp3) is 0.929. The fourth-order valence-electron chi connectivity index (χ4n) is 3.17. The van der Waals surface area contributed by atoms with Crippen LogP contribution in [0.25, 0.3) is 0 Å². The van der Waals surface area contributed by atoms with Gasteiger partial charge in [0.25, 0.3) is 0 Å². The normalized spacial score (nSPS) is 36.3. The first-order valence-corrected chi connectivity index (χ1v) is 9.54. The Morgan fingerprint density at radius 3 is 2.48 bits per heavy atom. The lowest BCUT2D eigenvalue weighted by atomic mass is 10.1. The molecule has 2 aliphatic heterocycles. The molecule has 0 radical (unpaired) electrons. The SMILES string of the molecule is CCN1CC(C)C(NC(=O)NC2CCC(C)S(=O)(=O)C2)C1. The summed E-state index contributed by atoms with van der Waals surface area (Å²) >= 11 is 0. The fourth-order valence-corrected chi connectivity index (χ4v) is 4.80. The summed E-state index contributed by atoms with van der Waals surface area (Å²) in [4.78, 5) is 14.4. The maximum absolute atomic E-state index is 12.1. The lowest BCUT2D eigenvalue weighted by Crippen LogP contribution is -2.52. The van der Waals surface area contributed by atoms with Crippen LogP contribution in [0, 0.1) is 5.92 Å². The highest BCUT2D eigenvalue weighted by Gasteiger charge is 2.33. The molecule has 4 atom stereocenters.